The Bertz CT molecular complexity index is 541. The van der Waals surface area contributed by atoms with Crippen molar-refractivity contribution in [2.45, 2.75) is 17.8 Å². The molecule has 0 aliphatic carbocycles. The molecule has 0 radical (unpaired) electrons. The van der Waals surface area contributed by atoms with Crippen LogP contribution in [0.4, 0.5) is 0 Å². The van der Waals surface area contributed by atoms with Gasteiger partial charge >= 0.3 is 4.24 Å². The van der Waals surface area contributed by atoms with Gasteiger partial charge in [0.25, 0.3) is 0 Å². The van der Waals surface area contributed by atoms with Crippen molar-refractivity contribution in [2.75, 3.05) is 6.50 Å². The number of quaternary nitrogens is 1. The lowest BCUT2D eigenvalue weighted by molar-refractivity contribution is -0.369. The van der Waals surface area contributed by atoms with Crippen LogP contribution < -0.4 is 15.5 Å². The third kappa shape index (κ3) is 2.85. The van der Waals surface area contributed by atoms with Crippen LogP contribution >= 0.6 is 15.2 Å². The minimum absolute atomic E-state index is 3.22. The Hall–Kier alpha value is 0.220. The first-order valence-corrected chi connectivity index (χ1v) is 5.93. The molecule has 0 aromatic rings. The Kier molecular flexibility index (Phi) is 1.58. The Morgan fingerprint density at radius 3 is 2.14 bits per heavy atom. The van der Waals surface area contributed by atoms with Gasteiger partial charge in [0.2, 0.25) is 0 Å². The van der Waals surface area contributed by atoms with E-state index in [4.69, 9.17) is 22.2 Å². The molecule has 0 saturated heterocycles. The molecule has 6 N–H and O–H groups in total. The SMILES string of the molecule is [2H]C([2H])(C([2H])([2H])C(O)(P(=O)([O-])O)P(=O)([O-])O)C([2H])([2H])[N+]([2H])([2H])[2H]. The third-order valence-corrected chi connectivity index (χ3v) is 4.39. The second kappa shape index (κ2) is 4.38. The molecule has 14 heavy (non-hydrogen) atoms. The van der Waals surface area contributed by atoms with Crippen LogP contribution in [0.1, 0.15) is 21.0 Å². The molecular formula is C4H12NO7P2-. The van der Waals surface area contributed by atoms with Gasteiger partial charge in [0.15, 0.2) is 20.3 Å². The average molecular weight is 257 g/mol. The van der Waals surface area contributed by atoms with Crippen molar-refractivity contribution in [1.82, 2.24) is 0 Å². The quantitative estimate of drug-likeness (QED) is 0.362. The number of aliphatic hydroxyl groups is 1. The highest BCUT2D eigenvalue weighted by molar-refractivity contribution is 7.70. The lowest BCUT2D eigenvalue weighted by Gasteiger charge is -2.41. The van der Waals surface area contributed by atoms with Crippen molar-refractivity contribution < 1.29 is 52.0 Å². The summed E-state index contributed by atoms with van der Waals surface area (Å²) in [5.41, 5.74) is -3.22. The summed E-state index contributed by atoms with van der Waals surface area (Å²) >= 11 is 0. The van der Waals surface area contributed by atoms with E-state index < -0.39 is 45.2 Å². The van der Waals surface area contributed by atoms with E-state index in [1.807, 2.05) is 0 Å². The van der Waals surface area contributed by atoms with Gasteiger partial charge in [0, 0.05) is 11.9 Å². The van der Waals surface area contributed by atoms with E-state index in [1.54, 1.807) is 0 Å². The fourth-order valence-corrected chi connectivity index (χ4v) is 2.08. The summed E-state index contributed by atoms with van der Waals surface area (Å²) in [5, 5.41) is 4.30. The first-order valence-electron chi connectivity index (χ1n) is 7.12. The fraction of sp³-hybridized carbons (Fsp3) is 1.00. The highest BCUT2D eigenvalue weighted by Gasteiger charge is 2.46. The molecule has 2 atom stereocenters. The molecule has 8 nitrogen and oxygen atoms in total. The molecule has 0 amide bonds. The van der Waals surface area contributed by atoms with E-state index in [1.165, 1.54) is 0 Å². The fourth-order valence-electron chi connectivity index (χ4n) is 0.413. The van der Waals surface area contributed by atoms with Gasteiger partial charge in [-0.25, -0.2) is 0 Å². The maximum absolute atomic E-state index is 11.1. The monoisotopic (exact) mass is 257 g/mol. The van der Waals surface area contributed by atoms with Crippen LogP contribution in [0.15, 0.2) is 0 Å². The van der Waals surface area contributed by atoms with Crippen molar-refractivity contribution in [3.63, 3.8) is 0 Å². The average Bonchev–Trinajstić information content (AvgIpc) is 2.22. The van der Waals surface area contributed by atoms with E-state index in [0.29, 0.717) is 0 Å². The Morgan fingerprint density at radius 1 is 1.43 bits per heavy atom. The lowest BCUT2D eigenvalue weighted by atomic mass is 10.3. The summed E-state index contributed by atoms with van der Waals surface area (Å²) in [7, 11) is -13.7. The second-order valence-corrected chi connectivity index (χ2v) is 5.77. The Balaban J connectivity index is 6.77. The second-order valence-electron chi connectivity index (χ2n) is 2.04. The molecule has 86 valence electrons. The van der Waals surface area contributed by atoms with E-state index in [0.717, 1.165) is 0 Å². The largest absolute Gasteiger partial charge is 0.776 e. The molecular weight excluding hydrogens is 236 g/mol. The summed E-state index contributed by atoms with van der Waals surface area (Å²) in [6, 6.07) is 0. The lowest BCUT2D eigenvalue weighted by Crippen LogP contribution is -2.51. The van der Waals surface area contributed by atoms with Crippen LogP contribution in [0.25, 0.3) is 0 Å². The van der Waals surface area contributed by atoms with Gasteiger partial charge in [0.05, 0.1) is 9.24 Å². The molecule has 0 aliphatic heterocycles. The van der Waals surface area contributed by atoms with Crippen molar-refractivity contribution >= 4 is 15.2 Å². The smallest absolute Gasteiger partial charge is 0.344 e. The summed E-state index contributed by atoms with van der Waals surface area (Å²) in [5.74, 6) is 0. The van der Waals surface area contributed by atoms with Crippen molar-refractivity contribution in [1.29, 1.82) is 0 Å². The van der Waals surface area contributed by atoms with Crippen LogP contribution in [-0.4, -0.2) is 26.5 Å². The maximum Gasteiger partial charge on any atom is 0.344 e. The third-order valence-electron chi connectivity index (χ3n) is 1.07. The molecule has 0 spiro atoms. The minimum Gasteiger partial charge on any atom is -0.776 e. The van der Waals surface area contributed by atoms with Crippen LogP contribution in [0, 0.1) is 0 Å². The molecule has 0 heterocycles. The normalized spacial score (nSPS) is 38.2. The molecule has 0 bridgehead atoms. The van der Waals surface area contributed by atoms with Crippen LogP contribution in [0.3, 0.4) is 0 Å². The van der Waals surface area contributed by atoms with Gasteiger partial charge in [-0.05, 0) is 6.37 Å². The van der Waals surface area contributed by atoms with Crippen molar-refractivity contribution in [3.8, 4) is 0 Å². The highest BCUT2D eigenvalue weighted by atomic mass is 31.2. The Labute approximate surface area is 92.9 Å². The van der Waals surface area contributed by atoms with Crippen LogP contribution in [0.2, 0.25) is 4.24 Å². The van der Waals surface area contributed by atoms with Gasteiger partial charge in [-0.1, -0.05) is 0 Å². The topological polar surface area (TPSA) is 169 Å². The molecule has 10 heteroatoms. The number of hydrogen-bond acceptors (Lipinski definition) is 5. The molecule has 0 aromatic carbocycles. The number of rotatable bonds is 6. The Morgan fingerprint density at radius 2 is 1.86 bits per heavy atom. The van der Waals surface area contributed by atoms with Gasteiger partial charge in [0.1, 0.15) is 0 Å². The first-order chi connectivity index (χ1) is 9.50. The predicted octanol–water partition coefficient (Wildman–Crippen LogP) is -3.25. The zero-order chi connectivity index (χ0) is 19.5. The number of hydrogen-bond donors (Lipinski definition) is 4. The standard InChI is InChI=1S/C4H13NO7P2/c5-3-1-2-4(6,13(7,8)9)14(10,11)12/h6H,1-3,5H2,(H2,7,8,9)(H2,10,11,12)/p-1/i1D2,2D2,3D2/hD3. The van der Waals surface area contributed by atoms with E-state index >= 15 is 0 Å². The molecule has 0 saturated carbocycles. The highest BCUT2D eigenvalue weighted by Crippen LogP contribution is 2.65. The summed E-state index contributed by atoms with van der Waals surface area (Å²) < 4.78 is 85.7. The zero-order valence-corrected chi connectivity index (χ0v) is 8.11. The molecule has 0 aliphatic rings. The van der Waals surface area contributed by atoms with Gasteiger partial charge in [-0.3, -0.25) is 0 Å². The van der Waals surface area contributed by atoms with Crippen LogP contribution in [-0.2, 0) is 9.13 Å². The van der Waals surface area contributed by atoms with Gasteiger partial charge in [-0.2, -0.15) is 0 Å². The van der Waals surface area contributed by atoms with Crippen LogP contribution in [0.5, 0.6) is 0 Å². The van der Waals surface area contributed by atoms with E-state index in [2.05, 4.69) is 0 Å². The molecule has 0 rings (SSSR count). The zero-order valence-electron chi connectivity index (χ0n) is 15.3. The summed E-state index contributed by atoms with van der Waals surface area (Å²) in [6.07, 6.45) is -9.42. The van der Waals surface area contributed by atoms with E-state index in [-0.39, 0.29) is 0 Å². The maximum atomic E-state index is 11.1. The summed E-state index contributed by atoms with van der Waals surface area (Å²) in [4.78, 5) is 39.8. The van der Waals surface area contributed by atoms with Gasteiger partial charge in [-0.15, -0.1) is 0 Å². The molecule has 0 aromatic heterocycles. The van der Waals surface area contributed by atoms with Gasteiger partial charge < -0.3 is 39.5 Å². The summed E-state index contributed by atoms with van der Waals surface area (Å²) in [6.45, 7) is -4.30. The minimum atomic E-state index is -6.84. The van der Waals surface area contributed by atoms with Crippen molar-refractivity contribution in [2.24, 2.45) is 0 Å². The molecule has 2 unspecified atom stereocenters. The first kappa shape index (κ1) is 5.03. The molecule has 0 fully saturated rings. The predicted molar refractivity (Wildman–Crippen MR) is 41.6 cm³/mol. The van der Waals surface area contributed by atoms with E-state index in [9.17, 15) is 24.0 Å². The van der Waals surface area contributed by atoms with Crippen molar-refractivity contribution in [3.05, 3.63) is 0 Å².